The molecule has 1 aromatic rings. The highest BCUT2D eigenvalue weighted by Crippen LogP contribution is 2.09. The lowest BCUT2D eigenvalue weighted by atomic mass is 9.75. The Kier molecular flexibility index (Phi) is 3.44. The molecule has 0 spiro atoms. The van der Waals surface area contributed by atoms with Crippen molar-refractivity contribution in [3.05, 3.63) is 29.1 Å². The Morgan fingerprint density at radius 1 is 1.47 bits per heavy atom. The molecule has 2 N–H and O–H groups in total. The van der Waals surface area contributed by atoms with Crippen LogP contribution in [0, 0.1) is 12.7 Å². The summed E-state index contributed by atoms with van der Waals surface area (Å²) in [5.74, 6) is -1.41. The second kappa shape index (κ2) is 4.42. The third-order valence-corrected chi connectivity index (χ3v) is 2.13. The lowest BCUT2D eigenvalue weighted by molar-refractivity contribution is 0.0600. The molecule has 0 saturated heterocycles. The van der Waals surface area contributed by atoms with Gasteiger partial charge in [-0.05, 0) is 24.6 Å². The van der Waals surface area contributed by atoms with Crippen molar-refractivity contribution in [2.24, 2.45) is 0 Å². The van der Waals surface area contributed by atoms with E-state index < -0.39 is 18.9 Å². The third kappa shape index (κ3) is 2.16. The van der Waals surface area contributed by atoms with E-state index in [9.17, 15) is 9.18 Å². The van der Waals surface area contributed by atoms with Gasteiger partial charge in [0.15, 0.2) is 0 Å². The van der Waals surface area contributed by atoms with Gasteiger partial charge in [-0.1, -0.05) is 0 Å². The first-order chi connectivity index (χ1) is 6.99. The summed E-state index contributed by atoms with van der Waals surface area (Å²) in [5.41, 5.74) is -0.0308. The predicted octanol–water partition coefficient (Wildman–Crippen LogP) is -0.399. The molecule has 0 aliphatic heterocycles. The maximum absolute atomic E-state index is 13.2. The summed E-state index contributed by atoms with van der Waals surface area (Å²) in [6, 6.07) is 2.23. The first-order valence-corrected chi connectivity index (χ1v) is 4.22. The number of esters is 1. The molecule has 0 atom stereocenters. The van der Waals surface area contributed by atoms with Gasteiger partial charge < -0.3 is 14.8 Å². The van der Waals surface area contributed by atoms with Crippen molar-refractivity contribution < 1.29 is 24.0 Å². The van der Waals surface area contributed by atoms with Gasteiger partial charge in [-0.25, -0.2) is 9.18 Å². The molecule has 15 heavy (non-hydrogen) atoms. The molecular weight excluding hydrogens is 202 g/mol. The van der Waals surface area contributed by atoms with Crippen molar-refractivity contribution >= 4 is 18.6 Å². The van der Waals surface area contributed by atoms with Crippen LogP contribution in [0.4, 0.5) is 4.39 Å². The number of rotatable bonds is 2. The molecule has 0 aliphatic rings. The Balaban J connectivity index is 3.35. The van der Waals surface area contributed by atoms with Crippen LogP contribution in [0.25, 0.3) is 0 Å². The van der Waals surface area contributed by atoms with Gasteiger partial charge in [0.2, 0.25) is 0 Å². The fourth-order valence-corrected chi connectivity index (χ4v) is 1.34. The molecule has 0 aromatic heterocycles. The molecule has 80 valence electrons. The van der Waals surface area contributed by atoms with Crippen molar-refractivity contribution in [2.45, 2.75) is 6.92 Å². The zero-order valence-corrected chi connectivity index (χ0v) is 8.32. The van der Waals surface area contributed by atoms with E-state index in [1.165, 1.54) is 20.1 Å². The van der Waals surface area contributed by atoms with E-state index >= 15 is 0 Å². The molecule has 6 heteroatoms. The molecule has 0 saturated carbocycles. The zero-order chi connectivity index (χ0) is 11.6. The summed E-state index contributed by atoms with van der Waals surface area (Å²) in [4.78, 5) is 11.2. The third-order valence-electron chi connectivity index (χ3n) is 2.13. The molecule has 1 rings (SSSR count). The summed E-state index contributed by atoms with van der Waals surface area (Å²) in [6.07, 6.45) is 0. The summed E-state index contributed by atoms with van der Waals surface area (Å²) in [7, 11) is -0.755. The fraction of sp³-hybridized carbons (Fsp3) is 0.222. The van der Waals surface area contributed by atoms with Crippen LogP contribution in [0.1, 0.15) is 15.9 Å². The molecule has 1 aromatic carbocycles. The quantitative estimate of drug-likeness (QED) is 0.517. The first-order valence-electron chi connectivity index (χ1n) is 4.22. The van der Waals surface area contributed by atoms with Crippen LogP contribution < -0.4 is 5.46 Å². The molecular formula is C9H10BFO4. The minimum atomic E-state index is -1.95. The van der Waals surface area contributed by atoms with E-state index in [-0.39, 0.29) is 16.6 Å². The maximum atomic E-state index is 13.2. The van der Waals surface area contributed by atoms with Gasteiger partial charge in [-0.3, -0.25) is 0 Å². The standard InChI is InChI=1S/C9H10BFO4/c1-5-6(9(12)15-2)3-4-7(11)8(5)10(13)14/h3-4,13-14H,1-2H3. The maximum Gasteiger partial charge on any atom is 0.491 e. The largest absolute Gasteiger partial charge is 0.491 e. The molecule has 4 nitrogen and oxygen atoms in total. The second-order valence-electron chi connectivity index (χ2n) is 3.00. The SMILES string of the molecule is COC(=O)c1ccc(F)c(B(O)O)c1C. The number of hydrogen-bond donors (Lipinski definition) is 2. The van der Waals surface area contributed by atoms with E-state index in [0.29, 0.717) is 0 Å². The average Bonchev–Trinajstić information content (AvgIpc) is 2.16. The van der Waals surface area contributed by atoms with Crippen LogP contribution in [0.3, 0.4) is 0 Å². The monoisotopic (exact) mass is 212 g/mol. The van der Waals surface area contributed by atoms with Crippen LogP contribution in [-0.2, 0) is 4.74 Å². The number of carbonyl (C=O) groups excluding carboxylic acids is 1. The van der Waals surface area contributed by atoms with E-state index in [2.05, 4.69) is 4.74 Å². The smallest absolute Gasteiger partial charge is 0.465 e. The summed E-state index contributed by atoms with van der Waals surface area (Å²) in [5, 5.41) is 17.9. The molecule has 0 radical (unpaired) electrons. The number of halogens is 1. The first kappa shape index (κ1) is 11.7. The van der Waals surface area contributed by atoms with Crippen molar-refractivity contribution in [1.82, 2.24) is 0 Å². The van der Waals surface area contributed by atoms with E-state index in [4.69, 9.17) is 10.0 Å². The van der Waals surface area contributed by atoms with Crippen molar-refractivity contribution in [3.8, 4) is 0 Å². The molecule has 0 amide bonds. The Bertz CT molecular complexity index is 392. The van der Waals surface area contributed by atoms with Crippen molar-refractivity contribution in [2.75, 3.05) is 7.11 Å². The molecule has 0 aliphatic carbocycles. The Hall–Kier alpha value is -1.40. The molecule has 0 heterocycles. The zero-order valence-electron chi connectivity index (χ0n) is 8.32. The lowest BCUT2D eigenvalue weighted by Crippen LogP contribution is -2.36. The highest BCUT2D eigenvalue weighted by atomic mass is 19.1. The second-order valence-corrected chi connectivity index (χ2v) is 3.00. The molecule has 0 bridgehead atoms. The normalized spacial score (nSPS) is 9.93. The van der Waals surface area contributed by atoms with Gasteiger partial charge in [-0.2, -0.15) is 0 Å². The minimum Gasteiger partial charge on any atom is -0.465 e. The Morgan fingerprint density at radius 2 is 2.07 bits per heavy atom. The molecule has 0 unspecified atom stereocenters. The van der Waals surface area contributed by atoms with Gasteiger partial charge in [0.05, 0.1) is 12.7 Å². The van der Waals surface area contributed by atoms with E-state index in [1.54, 1.807) is 0 Å². The van der Waals surface area contributed by atoms with E-state index in [0.717, 1.165) is 6.07 Å². The number of methoxy groups -OCH3 is 1. The van der Waals surface area contributed by atoms with Crippen LogP contribution >= 0.6 is 0 Å². The highest BCUT2D eigenvalue weighted by Gasteiger charge is 2.23. The number of hydrogen-bond acceptors (Lipinski definition) is 4. The number of ether oxygens (including phenoxy) is 1. The van der Waals surface area contributed by atoms with Gasteiger partial charge >= 0.3 is 13.1 Å². The van der Waals surface area contributed by atoms with Gasteiger partial charge in [0, 0.05) is 5.46 Å². The van der Waals surface area contributed by atoms with Crippen LogP contribution in [0.15, 0.2) is 12.1 Å². The fourth-order valence-electron chi connectivity index (χ4n) is 1.34. The number of benzene rings is 1. The Labute approximate surface area is 86.4 Å². The van der Waals surface area contributed by atoms with Gasteiger partial charge in [0.1, 0.15) is 5.82 Å². The van der Waals surface area contributed by atoms with Crippen molar-refractivity contribution in [3.63, 3.8) is 0 Å². The summed E-state index contributed by atoms with van der Waals surface area (Å²) in [6.45, 7) is 1.42. The highest BCUT2D eigenvalue weighted by molar-refractivity contribution is 6.59. The minimum absolute atomic E-state index is 0.113. The predicted molar refractivity (Wildman–Crippen MR) is 52.3 cm³/mol. The summed E-state index contributed by atoms with van der Waals surface area (Å²) >= 11 is 0. The van der Waals surface area contributed by atoms with Crippen LogP contribution in [-0.4, -0.2) is 30.2 Å². The van der Waals surface area contributed by atoms with Gasteiger partial charge in [0.25, 0.3) is 0 Å². The van der Waals surface area contributed by atoms with Gasteiger partial charge in [-0.15, -0.1) is 0 Å². The van der Waals surface area contributed by atoms with Crippen LogP contribution in [0.2, 0.25) is 0 Å². The average molecular weight is 212 g/mol. The summed E-state index contributed by atoms with van der Waals surface area (Å²) < 4.78 is 17.6. The number of carbonyl (C=O) groups is 1. The van der Waals surface area contributed by atoms with Crippen LogP contribution in [0.5, 0.6) is 0 Å². The lowest BCUT2D eigenvalue weighted by Gasteiger charge is -2.10. The van der Waals surface area contributed by atoms with Crippen molar-refractivity contribution in [1.29, 1.82) is 0 Å². The topological polar surface area (TPSA) is 66.8 Å². The molecule has 0 fully saturated rings. The Morgan fingerprint density at radius 3 is 2.53 bits per heavy atom. The van der Waals surface area contributed by atoms with E-state index in [1.807, 2.05) is 0 Å².